The number of carbonyl (C=O) groups is 2. The molecule has 1 amide bonds. The summed E-state index contributed by atoms with van der Waals surface area (Å²) in [6.45, 7) is 7.85. The first kappa shape index (κ1) is 20.5. The number of aliphatic imine (C=N–C) groups is 1. The van der Waals surface area contributed by atoms with Gasteiger partial charge < -0.3 is 4.90 Å². The van der Waals surface area contributed by atoms with Gasteiger partial charge in [0.2, 0.25) is 5.91 Å². The minimum atomic E-state index is -0.550. The molecule has 30 heavy (non-hydrogen) atoms. The molecule has 2 aromatic rings. The largest absolute Gasteiger partial charge is 0.301 e. The molecular weight excluding hydrogens is 379 g/mol. The molecule has 0 aromatic heterocycles. The summed E-state index contributed by atoms with van der Waals surface area (Å²) in [5, 5.41) is 0. The summed E-state index contributed by atoms with van der Waals surface area (Å²) >= 11 is 0. The standard InChI is InChI=1S/C25H27FN2O2/c1-15(2)24(30)28-20-8-6-5-7-18(20)27-19-13-25(3,4)14-21(29)22(19)23(28)16-9-11-17(26)12-10-16/h5-12,15,22-23H,13-14H2,1-4H3/t22?,23-/m1/s1. The maximum Gasteiger partial charge on any atom is 0.230 e. The van der Waals surface area contributed by atoms with E-state index in [0.717, 1.165) is 11.3 Å². The third-order valence-electron chi connectivity index (χ3n) is 5.96. The molecule has 0 spiro atoms. The lowest BCUT2D eigenvalue weighted by atomic mass is 9.68. The molecule has 4 rings (SSSR count). The van der Waals surface area contributed by atoms with Crippen LogP contribution in [-0.4, -0.2) is 17.4 Å². The summed E-state index contributed by atoms with van der Waals surface area (Å²) in [7, 11) is 0. The Bertz CT molecular complexity index is 1020. The molecule has 156 valence electrons. The summed E-state index contributed by atoms with van der Waals surface area (Å²) in [6, 6.07) is 13.1. The Morgan fingerprint density at radius 2 is 1.77 bits per heavy atom. The fourth-order valence-electron chi connectivity index (χ4n) is 4.65. The van der Waals surface area contributed by atoms with Gasteiger partial charge in [0, 0.05) is 18.1 Å². The van der Waals surface area contributed by atoms with Crippen LogP contribution in [0.15, 0.2) is 53.5 Å². The fourth-order valence-corrected chi connectivity index (χ4v) is 4.65. The van der Waals surface area contributed by atoms with Crippen molar-refractivity contribution in [2.75, 3.05) is 4.90 Å². The number of nitrogens with zero attached hydrogens (tertiary/aromatic N) is 2. The molecule has 1 heterocycles. The Balaban J connectivity index is 1.99. The number of Topliss-reactive ketones (excluding diaryl/α,β-unsaturated/α-hetero) is 1. The molecule has 2 atom stereocenters. The number of rotatable bonds is 2. The highest BCUT2D eigenvalue weighted by Crippen LogP contribution is 2.48. The molecule has 0 N–H and O–H groups in total. The van der Waals surface area contributed by atoms with Gasteiger partial charge in [-0.25, -0.2) is 4.39 Å². The van der Waals surface area contributed by atoms with Crippen LogP contribution >= 0.6 is 0 Å². The molecule has 2 aliphatic rings. The average molecular weight is 407 g/mol. The number of carbonyl (C=O) groups excluding carboxylic acids is 2. The number of benzene rings is 2. The Morgan fingerprint density at radius 1 is 1.10 bits per heavy atom. The van der Waals surface area contributed by atoms with Crippen molar-refractivity contribution >= 4 is 28.8 Å². The van der Waals surface area contributed by atoms with Gasteiger partial charge in [-0.15, -0.1) is 0 Å². The highest BCUT2D eigenvalue weighted by Gasteiger charge is 2.47. The molecule has 1 saturated carbocycles. The predicted molar refractivity (Wildman–Crippen MR) is 117 cm³/mol. The molecule has 5 heteroatoms. The van der Waals surface area contributed by atoms with Crippen molar-refractivity contribution in [3.8, 4) is 0 Å². The lowest BCUT2D eigenvalue weighted by Crippen LogP contribution is -2.48. The van der Waals surface area contributed by atoms with Gasteiger partial charge in [0.15, 0.2) is 0 Å². The third kappa shape index (κ3) is 3.57. The van der Waals surface area contributed by atoms with Crippen LogP contribution in [0.2, 0.25) is 0 Å². The van der Waals surface area contributed by atoms with Gasteiger partial charge in [-0.1, -0.05) is 52.0 Å². The van der Waals surface area contributed by atoms with Crippen molar-refractivity contribution < 1.29 is 14.0 Å². The van der Waals surface area contributed by atoms with Crippen molar-refractivity contribution in [2.45, 2.75) is 46.6 Å². The maximum atomic E-state index is 13.7. The highest BCUT2D eigenvalue weighted by atomic mass is 19.1. The fraction of sp³-hybridized carbons (Fsp3) is 0.400. The first-order valence-corrected chi connectivity index (χ1v) is 10.5. The van der Waals surface area contributed by atoms with Gasteiger partial charge in [0.25, 0.3) is 0 Å². The summed E-state index contributed by atoms with van der Waals surface area (Å²) in [6.07, 6.45) is 1.10. The molecular formula is C25H27FN2O2. The Kier molecular flexibility index (Phi) is 5.08. The van der Waals surface area contributed by atoms with Crippen LogP contribution in [0.1, 0.15) is 52.1 Å². The van der Waals surface area contributed by atoms with E-state index >= 15 is 0 Å². The van der Waals surface area contributed by atoms with E-state index in [1.807, 2.05) is 38.1 Å². The average Bonchev–Trinajstić information content (AvgIpc) is 2.81. The van der Waals surface area contributed by atoms with E-state index in [0.29, 0.717) is 24.2 Å². The third-order valence-corrected chi connectivity index (χ3v) is 5.96. The van der Waals surface area contributed by atoms with Crippen LogP contribution in [0.3, 0.4) is 0 Å². The summed E-state index contributed by atoms with van der Waals surface area (Å²) in [5.41, 5.74) is 2.75. The van der Waals surface area contributed by atoms with E-state index in [1.165, 1.54) is 12.1 Å². The molecule has 4 nitrogen and oxygen atoms in total. The second kappa shape index (κ2) is 7.46. The quantitative estimate of drug-likeness (QED) is 0.647. The molecule has 2 aromatic carbocycles. The summed E-state index contributed by atoms with van der Waals surface area (Å²) in [4.78, 5) is 33.6. The van der Waals surface area contributed by atoms with Crippen molar-refractivity contribution in [3.05, 3.63) is 59.9 Å². The molecule has 0 bridgehead atoms. The zero-order chi connectivity index (χ0) is 21.6. The first-order chi connectivity index (χ1) is 14.2. The van der Waals surface area contributed by atoms with E-state index in [9.17, 15) is 14.0 Å². The molecule has 1 aliphatic heterocycles. The molecule has 1 unspecified atom stereocenters. The first-order valence-electron chi connectivity index (χ1n) is 10.5. The number of para-hydroxylation sites is 2. The predicted octanol–water partition coefficient (Wildman–Crippen LogP) is 5.65. The van der Waals surface area contributed by atoms with Gasteiger partial charge in [0.1, 0.15) is 11.6 Å². The number of hydrogen-bond acceptors (Lipinski definition) is 3. The minimum absolute atomic E-state index is 0.0775. The highest BCUT2D eigenvalue weighted by molar-refractivity contribution is 6.13. The normalized spacial score (nSPS) is 22.8. The Hall–Kier alpha value is -2.82. The van der Waals surface area contributed by atoms with Crippen molar-refractivity contribution in [3.63, 3.8) is 0 Å². The van der Waals surface area contributed by atoms with E-state index in [4.69, 9.17) is 4.99 Å². The SMILES string of the molecule is CC(C)C(=O)N1c2ccccc2N=C2CC(C)(C)CC(=O)C2[C@H]1c1ccc(F)cc1. The van der Waals surface area contributed by atoms with E-state index in [2.05, 4.69) is 13.8 Å². The van der Waals surface area contributed by atoms with Crippen LogP contribution in [0.25, 0.3) is 0 Å². The lowest BCUT2D eigenvalue weighted by molar-refractivity contribution is -0.125. The number of ketones is 1. The van der Waals surface area contributed by atoms with E-state index in [1.54, 1.807) is 17.0 Å². The van der Waals surface area contributed by atoms with Gasteiger partial charge in [-0.2, -0.15) is 0 Å². The van der Waals surface area contributed by atoms with E-state index in [-0.39, 0.29) is 28.8 Å². The van der Waals surface area contributed by atoms with Gasteiger partial charge in [-0.05, 0) is 41.7 Å². The second-order valence-corrected chi connectivity index (χ2v) is 9.41. The summed E-state index contributed by atoms with van der Waals surface area (Å²) in [5.74, 6) is -1.16. The number of anilines is 1. The van der Waals surface area contributed by atoms with Gasteiger partial charge >= 0.3 is 0 Å². The van der Waals surface area contributed by atoms with Gasteiger partial charge in [-0.3, -0.25) is 14.6 Å². The van der Waals surface area contributed by atoms with E-state index < -0.39 is 12.0 Å². The van der Waals surface area contributed by atoms with Crippen LogP contribution in [-0.2, 0) is 9.59 Å². The maximum absolute atomic E-state index is 13.7. The second-order valence-electron chi connectivity index (χ2n) is 9.41. The number of halogens is 1. The van der Waals surface area contributed by atoms with Gasteiger partial charge in [0.05, 0.1) is 23.3 Å². The molecule has 0 radical (unpaired) electrons. The molecule has 0 saturated heterocycles. The Morgan fingerprint density at radius 3 is 2.43 bits per heavy atom. The van der Waals surface area contributed by atoms with Crippen LogP contribution < -0.4 is 4.90 Å². The smallest absolute Gasteiger partial charge is 0.230 e. The van der Waals surface area contributed by atoms with Crippen molar-refractivity contribution in [1.82, 2.24) is 0 Å². The van der Waals surface area contributed by atoms with Crippen molar-refractivity contribution in [1.29, 1.82) is 0 Å². The summed E-state index contributed by atoms with van der Waals surface area (Å²) < 4.78 is 13.7. The Labute approximate surface area is 176 Å². The van der Waals surface area contributed by atoms with Crippen molar-refractivity contribution in [2.24, 2.45) is 22.2 Å². The number of hydrogen-bond donors (Lipinski definition) is 0. The van der Waals surface area contributed by atoms with Crippen LogP contribution in [0.5, 0.6) is 0 Å². The number of fused-ring (bicyclic) bond motifs is 2. The zero-order valence-electron chi connectivity index (χ0n) is 17.9. The monoisotopic (exact) mass is 406 g/mol. The van der Waals surface area contributed by atoms with Crippen LogP contribution in [0, 0.1) is 23.1 Å². The number of amides is 1. The minimum Gasteiger partial charge on any atom is -0.301 e. The molecule has 1 aliphatic carbocycles. The topological polar surface area (TPSA) is 49.7 Å². The lowest BCUT2D eigenvalue weighted by Gasteiger charge is -2.41. The molecule has 1 fully saturated rings. The van der Waals surface area contributed by atoms with Crippen LogP contribution in [0.4, 0.5) is 15.8 Å². The zero-order valence-corrected chi connectivity index (χ0v) is 17.9.